The summed E-state index contributed by atoms with van der Waals surface area (Å²) in [5, 5.41) is 9.74. The number of fused-ring (bicyclic) bond motifs is 2. The maximum absolute atomic E-state index is 13.5. The second kappa shape index (κ2) is 18.8. The van der Waals surface area contributed by atoms with Crippen molar-refractivity contribution in [3.63, 3.8) is 0 Å². The SMILES string of the molecule is COc1cc(N2CCC3(CCN(CCCC#Cc4cccc5c4CN(C4CCC(=O)NC4=O)C5=O)CC3)CC2)c(C)cc1Nc1ncc(Br)c(Nc2ccc3nccnc3c2P(C)(C)=O)n1. The van der Waals surface area contributed by atoms with Crippen LogP contribution in [-0.4, -0.2) is 107 Å². The average molecular weight is 974 g/mol. The van der Waals surface area contributed by atoms with Gasteiger partial charge in [0.2, 0.25) is 17.8 Å². The molecule has 1 atom stereocenters. The number of carbonyl (C=O) groups is 3. The van der Waals surface area contributed by atoms with E-state index in [4.69, 9.17) is 9.72 Å². The number of rotatable bonds is 11. The van der Waals surface area contributed by atoms with Crippen LogP contribution in [0.5, 0.6) is 5.75 Å². The number of halogens is 1. The Morgan fingerprint density at radius 2 is 1.74 bits per heavy atom. The molecule has 9 rings (SSSR count). The van der Waals surface area contributed by atoms with E-state index in [1.807, 2.05) is 24.3 Å². The Kier molecular flexibility index (Phi) is 12.9. The van der Waals surface area contributed by atoms with Crippen LogP contribution in [0.15, 0.2) is 65.5 Å². The zero-order chi connectivity index (χ0) is 46.2. The molecule has 5 aromatic rings. The molecular weight excluding hydrogens is 919 g/mol. The third-order valence-electron chi connectivity index (χ3n) is 13.6. The molecule has 342 valence electrons. The van der Waals surface area contributed by atoms with Crippen molar-refractivity contribution >= 4 is 86.0 Å². The number of hydrogen-bond acceptors (Lipinski definition) is 13. The van der Waals surface area contributed by atoms with E-state index >= 15 is 0 Å². The summed E-state index contributed by atoms with van der Waals surface area (Å²) in [6.07, 6.45) is 11.9. The second-order valence-electron chi connectivity index (χ2n) is 18.2. The fraction of sp³-hybridized carbons (Fsp3) is 0.408. The van der Waals surface area contributed by atoms with Gasteiger partial charge >= 0.3 is 0 Å². The highest BCUT2D eigenvalue weighted by molar-refractivity contribution is 9.10. The maximum Gasteiger partial charge on any atom is 0.255 e. The van der Waals surface area contributed by atoms with Gasteiger partial charge in [-0.1, -0.05) is 17.9 Å². The number of unbranched alkanes of at least 4 members (excludes halogenated alkanes) is 1. The highest BCUT2D eigenvalue weighted by atomic mass is 79.9. The number of nitrogens with zero attached hydrogens (tertiary/aromatic N) is 7. The highest BCUT2D eigenvalue weighted by Gasteiger charge is 2.40. The zero-order valence-electron chi connectivity index (χ0n) is 37.7. The number of anilines is 5. The van der Waals surface area contributed by atoms with Gasteiger partial charge in [0, 0.05) is 73.9 Å². The van der Waals surface area contributed by atoms with Crippen LogP contribution in [0.3, 0.4) is 0 Å². The van der Waals surface area contributed by atoms with Gasteiger partial charge in [0.1, 0.15) is 30.3 Å². The summed E-state index contributed by atoms with van der Waals surface area (Å²) in [4.78, 5) is 62.3. The van der Waals surface area contributed by atoms with Gasteiger partial charge < -0.3 is 34.6 Å². The number of carbonyl (C=O) groups excluding carboxylic acids is 3. The van der Waals surface area contributed by atoms with Crippen molar-refractivity contribution in [2.75, 3.05) is 68.7 Å². The lowest BCUT2D eigenvalue weighted by molar-refractivity contribution is -0.136. The molecule has 1 unspecified atom stereocenters. The Hall–Kier alpha value is -5.88. The molecule has 0 aliphatic carbocycles. The first-order chi connectivity index (χ1) is 31.8. The number of methoxy groups -OCH3 is 1. The van der Waals surface area contributed by atoms with Crippen LogP contribution in [0.2, 0.25) is 0 Å². The van der Waals surface area contributed by atoms with Crippen molar-refractivity contribution in [1.82, 2.24) is 35.1 Å². The first kappa shape index (κ1) is 45.3. The van der Waals surface area contributed by atoms with E-state index in [1.54, 1.807) is 50.0 Å². The molecule has 0 bridgehead atoms. The van der Waals surface area contributed by atoms with Gasteiger partial charge in [-0.25, -0.2) is 4.98 Å². The van der Waals surface area contributed by atoms with Crippen LogP contribution in [0.4, 0.5) is 28.8 Å². The van der Waals surface area contributed by atoms with E-state index in [2.05, 4.69) is 87.5 Å². The Labute approximate surface area is 393 Å². The molecule has 3 saturated heterocycles. The topological polar surface area (TPSA) is 175 Å². The van der Waals surface area contributed by atoms with Gasteiger partial charge in [-0.15, -0.1) is 0 Å². The molecular formula is C49H54BrN10O5P. The summed E-state index contributed by atoms with van der Waals surface area (Å²) < 4.78 is 20.1. The molecule has 0 radical (unpaired) electrons. The molecule has 6 heterocycles. The number of aromatic nitrogens is 4. The van der Waals surface area contributed by atoms with E-state index in [9.17, 15) is 18.9 Å². The Bertz CT molecular complexity index is 2840. The standard InChI is InChI=1S/C49H54BrN10O5P/c1-31-27-38(55-48-53-29-35(50)45(57-48)54-37-13-12-36-43(52-21-20-51-36)44(37)66(3,4)64)41(65-2)28-40(31)59-25-18-49(19-26-59)16-23-58(24-17-49)22-7-5-6-9-32-10-8-11-33-34(32)30-60(47(33)63)39-14-15-42(61)56-46(39)62/h8,10-13,20-21,27-29,39H,5,7,14-19,22-26,30H2,1-4H3,(H,56,61,62)(H2,53,54,55,57). The summed E-state index contributed by atoms with van der Waals surface area (Å²) in [6, 6.07) is 12.9. The Morgan fingerprint density at radius 3 is 2.50 bits per heavy atom. The molecule has 15 nitrogen and oxygen atoms in total. The first-order valence-corrected chi connectivity index (χ1v) is 26.0. The molecule has 66 heavy (non-hydrogen) atoms. The maximum atomic E-state index is 13.5. The number of likely N-dealkylation sites (tertiary alicyclic amines) is 1. The Balaban J connectivity index is 0.771. The van der Waals surface area contributed by atoms with Crippen LogP contribution in [0.1, 0.15) is 78.4 Å². The van der Waals surface area contributed by atoms with Gasteiger partial charge in [-0.05, 0) is 141 Å². The average Bonchev–Trinajstić information content (AvgIpc) is 3.64. The third-order valence-corrected chi connectivity index (χ3v) is 15.7. The van der Waals surface area contributed by atoms with Crippen LogP contribution in [0, 0.1) is 24.2 Å². The number of ether oxygens (including phenoxy) is 1. The molecule has 4 aliphatic rings. The fourth-order valence-corrected chi connectivity index (χ4v) is 11.6. The number of amides is 3. The van der Waals surface area contributed by atoms with Crippen molar-refractivity contribution < 1.29 is 23.7 Å². The summed E-state index contributed by atoms with van der Waals surface area (Å²) in [5.74, 6) is 7.37. The van der Waals surface area contributed by atoms with E-state index in [-0.39, 0.29) is 18.2 Å². The van der Waals surface area contributed by atoms with Crippen molar-refractivity contribution in [3.8, 4) is 17.6 Å². The molecule has 0 saturated carbocycles. The summed E-state index contributed by atoms with van der Waals surface area (Å²) >= 11 is 3.59. The van der Waals surface area contributed by atoms with Crippen molar-refractivity contribution in [3.05, 3.63) is 87.8 Å². The molecule has 2 aromatic heterocycles. The van der Waals surface area contributed by atoms with Gasteiger partial charge in [0.05, 0.1) is 33.8 Å². The van der Waals surface area contributed by atoms with Gasteiger partial charge in [-0.3, -0.25) is 29.7 Å². The third kappa shape index (κ3) is 9.39. The van der Waals surface area contributed by atoms with E-state index in [0.717, 1.165) is 80.8 Å². The lowest BCUT2D eigenvalue weighted by Crippen LogP contribution is -2.52. The van der Waals surface area contributed by atoms with Gasteiger partial charge in [0.25, 0.3) is 5.91 Å². The number of benzene rings is 3. The lowest BCUT2D eigenvalue weighted by atomic mass is 9.71. The quantitative estimate of drug-likeness (QED) is 0.0514. The van der Waals surface area contributed by atoms with Crippen LogP contribution < -0.4 is 30.9 Å². The lowest BCUT2D eigenvalue weighted by Gasteiger charge is -2.47. The minimum absolute atomic E-state index is 0.176. The van der Waals surface area contributed by atoms with Gasteiger partial charge in [0.15, 0.2) is 0 Å². The van der Waals surface area contributed by atoms with Crippen molar-refractivity contribution in [2.45, 2.75) is 70.9 Å². The molecule has 1 spiro atoms. The zero-order valence-corrected chi connectivity index (χ0v) is 40.2. The summed E-state index contributed by atoms with van der Waals surface area (Å²) in [7, 11) is -1.10. The molecule has 3 N–H and O–H groups in total. The number of hydrogen-bond donors (Lipinski definition) is 3. The highest BCUT2D eigenvalue weighted by Crippen LogP contribution is 2.45. The van der Waals surface area contributed by atoms with Gasteiger partial charge in [-0.2, -0.15) is 4.98 Å². The second-order valence-corrected chi connectivity index (χ2v) is 22.2. The largest absolute Gasteiger partial charge is 0.494 e. The summed E-state index contributed by atoms with van der Waals surface area (Å²) in [6.45, 7) is 11.1. The molecule has 3 aromatic carbocycles. The van der Waals surface area contributed by atoms with Crippen LogP contribution in [0.25, 0.3) is 11.0 Å². The monoisotopic (exact) mass is 972 g/mol. The van der Waals surface area contributed by atoms with Crippen LogP contribution >= 0.6 is 23.1 Å². The first-order valence-electron chi connectivity index (χ1n) is 22.6. The summed E-state index contributed by atoms with van der Waals surface area (Å²) in [5.41, 5.74) is 7.61. The number of piperidine rings is 3. The molecule has 4 aliphatic heterocycles. The molecule has 3 amide bonds. The minimum Gasteiger partial charge on any atom is -0.494 e. The predicted octanol–water partition coefficient (Wildman–Crippen LogP) is 7.51. The smallest absolute Gasteiger partial charge is 0.255 e. The Morgan fingerprint density at radius 1 is 0.970 bits per heavy atom. The van der Waals surface area contributed by atoms with E-state index in [1.165, 1.54) is 18.5 Å². The number of nitrogens with one attached hydrogen (secondary N) is 3. The minimum atomic E-state index is -2.77. The van der Waals surface area contributed by atoms with E-state index in [0.29, 0.717) is 68.0 Å². The number of imide groups is 1. The predicted molar refractivity (Wildman–Crippen MR) is 261 cm³/mol. The van der Waals surface area contributed by atoms with Crippen molar-refractivity contribution in [2.24, 2.45) is 5.41 Å². The fourth-order valence-electron chi connectivity index (χ4n) is 9.94. The van der Waals surface area contributed by atoms with E-state index < -0.39 is 19.1 Å². The number of aryl methyl sites for hydroxylation is 1. The van der Waals surface area contributed by atoms with Crippen molar-refractivity contribution in [1.29, 1.82) is 0 Å². The van der Waals surface area contributed by atoms with Crippen LogP contribution in [-0.2, 0) is 20.7 Å². The molecule has 3 fully saturated rings. The molecule has 17 heteroatoms. The normalized spacial score (nSPS) is 18.5.